The highest BCUT2D eigenvalue weighted by Crippen LogP contribution is 1.96. The molecule has 0 radical (unpaired) electrons. The number of nitrogens with one attached hydrogen (secondary N) is 2. The summed E-state index contributed by atoms with van der Waals surface area (Å²) in [7, 11) is 0. The molecule has 7 heteroatoms. The van der Waals surface area contributed by atoms with Crippen LogP contribution in [0, 0.1) is 11.3 Å². The molecule has 0 aliphatic carbocycles. The fraction of sp³-hybridized carbons (Fsp3) is 0.167. The number of carbonyl (C=O) groups excluding carboxylic acids is 1. The van der Waals surface area contributed by atoms with Gasteiger partial charge in [0.2, 0.25) is 0 Å². The number of hydrogen-bond donors (Lipinski definition) is 3. The van der Waals surface area contributed by atoms with Gasteiger partial charge >= 0.3 is 5.97 Å². The van der Waals surface area contributed by atoms with Gasteiger partial charge in [-0.1, -0.05) is 0 Å². The number of rotatable bonds is 6. The van der Waals surface area contributed by atoms with Crippen LogP contribution in [0.3, 0.4) is 0 Å². The molecule has 19 heavy (non-hydrogen) atoms. The lowest BCUT2D eigenvalue weighted by molar-refractivity contribution is -0.137. The summed E-state index contributed by atoms with van der Waals surface area (Å²) in [6, 6.07) is 5.27. The van der Waals surface area contributed by atoms with Crippen LogP contribution >= 0.6 is 0 Å². The molecule has 3 N–H and O–H groups in total. The van der Waals surface area contributed by atoms with Gasteiger partial charge in [0.1, 0.15) is 18.2 Å². The van der Waals surface area contributed by atoms with Gasteiger partial charge in [0, 0.05) is 25.1 Å². The van der Waals surface area contributed by atoms with Gasteiger partial charge in [-0.2, -0.15) is 5.26 Å². The average Bonchev–Trinajstić information content (AvgIpc) is 2.42. The first-order valence-electron chi connectivity index (χ1n) is 5.36. The second-order valence-electron chi connectivity index (χ2n) is 3.48. The number of carbonyl (C=O) groups is 2. The average molecular weight is 260 g/mol. The third-order valence-corrected chi connectivity index (χ3v) is 2.07. The van der Waals surface area contributed by atoms with Gasteiger partial charge in [0.15, 0.2) is 0 Å². The maximum atomic E-state index is 11.4. The minimum absolute atomic E-state index is 0.185. The van der Waals surface area contributed by atoms with Crippen molar-refractivity contribution in [1.29, 1.82) is 5.26 Å². The fourth-order valence-corrected chi connectivity index (χ4v) is 1.17. The molecule has 0 aliphatic rings. The Morgan fingerprint density at radius 2 is 2.11 bits per heavy atom. The molecule has 7 nitrogen and oxygen atoms in total. The Kier molecular flexibility index (Phi) is 5.56. The topological polar surface area (TPSA) is 115 Å². The monoisotopic (exact) mass is 260 g/mol. The zero-order valence-electron chi connectivity index (χ0n) is 9.96. The summed E-state index contributed by atoms with van der Waals surface area (Å²) in [6.07, 6.45) is 4.51. The Bertz CT molecular complexity index is 520. The van der Waals surface area contributed by atoms with E-state index in [4.69, 9.17) is 10.4 Å². The highest BCUT2D eigenvalue weighted by atomic mass is 16.4. The highest BCUT2D eigenvalue weighted by Gasteiger charge is 2.09. The Morgan fingerprint density at radius 3 is 2.68 bits per heavy atom. The van der Waals surface area contributed by atoms with E-state index >= 15 is 0 Å². The summed E-state index contributed by atoms with van der Waals surface area (Å²) in [6.45, 7) is -0.0951. The van der Waals surface area contributed by atoms with Gasteiger partial charge in [0.05, 0.1) is 0 Å². The second kappa shape index (κ2) is 7.45. The van der Waals surface area contributed by atoms with Crippen LogP contribution in [0.2, 0.25) is 0 Å². The van der Waals surface area contributed by atoms with E-state index in [0.29, 0.717) is 6.54 Å². The summed E-state index contributed by atoms with van der Waals surface area (Å²) < 4.78 is 0. The first-order valence-corrected chi connectivity index (χ1v) is 5.36. The van der Waals surface area contributed by atoms with Gasteiger partial charge < -0.3 is 15.7 Å². The standard InChI is InChI=1S/C12H12N4O3/c13-5-10(12(19)16-8-11(17)18)7-15-6-9-1-3-14-4-2-9/h1-4,7,15H,6,8H2,(H,16,19)(H,17,18)/b10-7-. The van der Waals surface area contributed by atoms with E-state index in [-0.39, 0.29) is 5.57 Å². The van der Waals surface area contributed by atoms with Crippen LogP contribution in [0.1, 0.15) is 5.56 Å². The molecule has 0 unspecified atom stereocenters. The SMILES string of the molecule is N#C/C(=C/NCc1ccncc1)C(=O)NCC(=O)O. The van der Waals surface area contributed by atoms with Crippen LogP contribution in [0.4, 0.5) is 0 Å². The highest BCUT2D eigenvalue weighted by molar-refractivity contribution is 5.98. The zero-order chi connectivity index (χ0) is 14.1. The van der Waals surface area contributed by atoms with Crippen molar-refractivity contribution in [2.45, 2.75) is 6.54 Å². The number of nitriles is 1. The molecule has 0 saturated heterocycles. The predicted octanol–water partition coefficient (Wildman–Crippen LogP) is -0.221. The van der Waals surface area contributed by atoms with Crippen LogP contribution in [0.15, 0.2) is 36.3 Å². The van der Waals surface area contributed by atoms with E-state index in [1.54, 1.807) is 30.6 Å². The Morgan fingerprint density at radius 1 is 1.42 bits per heavy atom. The summed E-state index contributed by atoms with van der Waals surface area (Å²) >= 11 is 0. The predicted molar refractivity (Wildman–Crippen MR) is 65.4 cm³/mol. The van der Waals surface area contributed by atoms with E-state index in [0.717, 1.165) is 5.56 Å². The summed E-state index contributed by atoms with van der Waals surface area (Å²) in [4.78, 5) is 25.5. The molecule has 1 aromatic rings. The molecule has 1 aromatic heterocycles. The number of aromatic nitrogens is 1. The van der Waals surface area contributed by atoms with Crippen LogP contribution in [0.25, 0.3) is 0 Å². The molecule has 0 saturated carbocycles. The lowest BCUT2D eigenvalue weighted by Crippen LogP contribution is -2.30. The Labute approximate surface area is 109 Å². The van der Waals surface area contributed by atoms with Gasteiger partial charge in [-0.15, -0.1) is 0 Å². The van der Waals surface area contributed by atoms with Crippen molar-refractivity contribution >= 4 is 11.9 Å². The first kappa shape index (κ1) is 14.2. The zero-order valence-corrected chi connectivity index (χ0v) is 9.96. The van der Waals surface area contributed by atoms with Gasteiger partial charge in [0.25, 0.3) is 5.91 Å². The number of hydrogen-bond acceptors (Lipinski definition) is 5. The third kappa shape index (κ3) is 5.32. The molecule has 0 aliphatic heterocycles. The Balaban J connectivity index is 2.51. The molecule has 0 atom stereocenters. The van der Waals surface area contributed by atoms with Gasteiger partial charge in [-0.3, -0.25) is 14.6 Å². The van der Waals surface area contributed by atoms with Crippen molar-refractivity contribution in [3.05, 3.63) is 41.9 Å². The van der Waals surface area contributed by atoms with E-state index in [1.807, 2.05) is 0 Å². The molecule has 0 spiro atoms. The minimum atomic E-state index is -1.17. The number of amides is 1. The number of pyridine rings is 1. The summed E-state index contributed by atoms with van der Waals surface area (Å²) in [5.41, 5.74) is 0.754. The van der Waals surface area contributed by atoms with E-state index in [9.17, 15) is 9.59 Å². The van der Waals surface area contributed by atoms with Gasteiger partial charge in [-0.25, -0.2) is 0 Å². The number of nitrogens with zero attached hydrogens (tertiary/aromatic N) is 2. The maximum Gasteiger partial charge on any atom is 0.322 e. The van der Waals surface area contributed by atoms with Crippen LogP contribution in [0.5, 0.6) is 0 Å². The lowest BCUT2D eigenvalue weighted by Gasteiger charge is -2.03. The quantitative estimate of drug-likeness (QED) is 0.481. The van der Waals surface area contributed by atoms with Crippen LogP contribution in [-0.4, -0.2) is 28.5 Å². The van der Waals surface area contributed by atoms with Crippen LogP contribution < -0.4 is 10.6 Å². The van der Waals surface area contributed by atoms with Crippen LogP contribution in [-0.2, 0) is 16.1 Å². The molecule has 1 heterocycles. The molecular formula is C12H12N4O3. The molecule has 1 rings (SSSR count). The molecule has 0 fully saturated rings. The first-order chi connectivity index (χ1) is 9.13. The maximum absolute atomic E-state index is 11.4. The van der Waals surface area contributed by atoms with Crippen molar-refractivity contribution in [3.8, 4) is 6.07 Å². The minimum Gasteiger partial charge on any atom is -0.480 e. The third-order valence-electron chi connectivity index (χ3n) is 2.07. The van der Waals surface area contributed by atoms with Crippen molar-refractivity contribution in [2.75, 3.05) is 6.54 Å². The van der Waals surface area contributed by atoms with Crippen molar-refractivity contribution in [2.24, 2.45) is 0 Å². The summed E-state index contributed by atoms with van der Waals surface area (Å²) in [5, 5.41) is 22.1. The van der Waals surface area contributed by atoms with Crippen molar-refractivity contribution in [3.63, 3.8) is 0 Å². The lowest BCUT2D eigenvalue weighted by atomic mass is 10.2. The van der Waals surface area contributed by atoms with Gasteiger partial charge in [-0.05, 0) is 17.7 Å². The molecule has 98 valence electrons. The number of aliphatic carboxylic acids is 1. The van der Waals surface area contributed by atoms with E-state index < -0.39 is 18.4 Å². The largest absolute Gasteiger partial charge is 0.480 e. The molecule has 1 amide bonds. The number of carboxylic acids is 1. The van der Waals surface area contributed by atoms with E-state index in [1.165, 1.54) is 6.20 Å². The molecular weight excluding hydrogens is 248 g/mol. The van der Waals surface area contributed by atoms with Crippen molar-refractivity contribution in [1.82, 2.24) is 15.6 Å². The normalized spacial score (nSPS) is 10.4. The summed E-state index contributed by atoms with van der Waals surface area (Å²) in [5.74, 6) is -1.90. The molecule has 0 aromatic carbocycles. The second-order valence-corrected chi connectivity index (χ2v) is 3.48. The van der Waals surface area contributed by atoms with Crippen molar-refractivity contribution < 1.29 is 14.7 Å². The number of carboxylic acid groups (broad SMARTS) is 1. The molecule has 0 bridgehead atoms. The fourth-order valence-electron chi connectivity index (χ4n) is 1.17. The Hall–Kier alpha value is -2.88. The van der Waals surface area contributed by atoms with E-state index in [2.05, 4.69) is 15.6 Å². The smallest absolute Gasteiger partial charge is 0.322 e.